The summed E-state index contributed by atoms with van der Waals surface area (Å²) in [4.78, 5) is 14.5. The molecule has 1 saturated heterocycles. The second kappa shape index (κ2) is 10.8. The van der Waals surface area contributed by atoms with E-state index in [1.54, 1.807) is 6.20 Å². The van der Waals surface area contributed by atoms with E-state index >= 15 is 0 Å². The molecule has 1 N–H and O–H groups in total. The first-order valence-electron chi connectivity index (χ1n) is 10.1. The Morgan fingerprint density at radius 3 is 2.52 bits per heavy atom. The van der Waals surface area contributed by atoms with Crippen LogP contribution in [0.15, 0.2) is 70.8 Å². The summed E-state index contributed by atoms with van der Waals surface area (Å²) in [7, 11) is 0. The molecule has 0 spiro atoms. The minimum atomic E-state index is -0.168. The second-order valence-corrected chi connectivity index (χ2v) is 8.24. The first-order valence-corrected chi connectivity index (χ1v) is 10.9. The molecule has 4 nitrogen and oxygen atoms in total. The maximum absolute atomic E-state index is 12.7. The van der Waals surface area contributed by atoms with Crippen LogP contribution in [-0.4, -0.2) is 30.4 Å². The summed E-state index contributed by atoms with van der Waals surface area (Å²) in [6.07, 6.45) is 5.40. The third-order valence-electron chi connectivity index (χ3n) is 5.36. The lowest BCUT2D eigenvalue weighted by Crippen LogP contribution is -2.39. The Morgan fingerprint density at radius 2 is 1.83 bits per heavy atom. The number of nitrogens with zero attached hydrogens (tertiary/aromatic N) is 2. The first kappa shape index (κ1) is 21.1. The summed E-state index contributed by atoms with van der Waals surface area (Å²) in [6.45, 7) is 2.10. The number of hydrogen-bond donors (Lipinski definition) is 1. The molecule has 1 amide bonds. The molecule has 0 aliphatic carbocycles. The van der Waals surface area contributed by atoms with Gasteiger partial charge in [-0.25, -0.2) is 0 Å². The fraction of sp³-hybridized carbons (Fsp3) is 0.333. The van der Waals surface area contributed by atoms with Crippen LogP contribution in [0.4, 0.5) is 0 Å². The molecule has 2 aromatic rings. The van der Waals surface area contributed by atoms with Crippen LogP contribution in [0.5, 0.6) is 0 Å². The lowest BCUT2D eigenvalue weighted by atomic mass is 9.90. The summed E-state index contributed by atoms with van der Waals surface area (Å²) in [6, 6.07) is 20.6. The molecular formula is C24H26BrN3O. The number of carbonyl (C=O) groups excluding carboxylic acids is 1. The number of hydrogen-bond acceptors (Lipinski definition) is 3. The van der Waals surface area contributed by atoms with Gasteiger partial charge in [0.25, 0.3) is 5.91 Å². The minimum Gasteiger partial charge on any atom is -0.389 e. The Kier molecular flexibility index (Phi) is 7.89. The molecule has 1 aliphatic heterocycles. The number of benzene rings is 2. The van der Waals surface area contributed by atoms with Gasteiger partial charge in [-0.3, -0.25) is 4.79 Å². The lowest BCUT2D eigenvalue weighted by molar-refractivity contribution is -0.128. The Morgan fingerprint density at radius 1 is 1.14 bits per heavy atom. The van der Waals surface area contributed by atoms with Crippen molar-refractivity contribution in [3.63, 3.8) is 0 Å². The van der Waals surface area contributed by atoms with Crippen LogP contribution in [0.2, 0.25) is 0 Å². The maximum Gasteiger partial charge on any atom is 0.265 e. The van der Waals surface area contributed by atoms with Crippen LogP contribution < -0.4 is 5.32 Å². The molecule has 29 heavy (non-hydrogen) atoms. The molecular weight excluding hydrogens is 426 g/mol. The molecule has 0 unspecified atom stereocenters. The number of nitrogens with one attached hydrogen (secondary N) is 1. The molecule has 0 atom stereocenters. The number of rotatable bonds is 7. The van der Waals surface area contributed by atoms with Gasteiger partial charge >= 0.3 is 0 Å². The molecule has 3 rings (SSSR count). The van der Waals surface area contributed by atoms with Gasteiger partial charge in [-0.05, 0) is 48.8 Å². The topological polar surface area (TPSA) is 56.1 Å². The minimum absolute atomic E-state index is 0.168. The van der Waals surface area contributed by atoms with Crippen LogP contribution in [0, 0.1) is 17.2 Å². The van der Waals surface area contributed by atoms with E-state index in [9.17, 15) is 10.1 Å². The molecule has 0 radical (unpaired) electrons. The standard InChI is InChI=1S/C24H26BrN3O/c25-23-9-5-4-8-21(23)10-13-27-18-22(17-26)24(29)28-14-11-20(12-15-28)16-19-6-2-1-3-7-19/h1-9,18,20,27H,10-16H2/b22-18-. The van der Waals surface area contributed by atoms with Crippen LogP contribution >= 0.6 is 15.9 Å². The van der Waals surface area contributed by atoms with Gasteiger partial charge in [-0.1, -0.05) is 64.5 Å². The third kappa shape index (κ3) is 6.20. The van der Waals surface area contributed by atoms with Crippen molar-refractivity contribution in [2.24, 2.45) is 5.92 Å². The molecule has 2 aromatic carbocycles. The number of carbonyl (C=O) groups is 1. The SMILES string of the molecule is N#C/C(=C/NCCc1ccccc1Br)C(=O)N1CCC(Cc2ccccc2)CC1. The van der Waals surface area contributed by atoms with Gasteiger partial charge in [0, 0.05) is 30.3 Å². The van der Waals surface area contributed by atoms with E-state index in [4.69, 9.17) is 0 Å². The lowest BCUT2D eigenvalue weighted by Gasteiger charge is -2.32. The average Bonchev–Trinajstić information content (AvgIpc) is 2.76. The third-order valence-corrected chi connectivity index (χ3v) is 6.14. The van der Waals surface area contributed by atoms with Gasteiger partial charge in [0.2, 0.25) is 0 Å². The zero-order valence-electron chi connectivity index (χ0n) is 16.5. The van der Waals surface area contributed by atoms with Gasteiger partial charge < -0.3 is 10.2 Å². The van der Waals surface area contributed by atoms with E-state index in [1.165, 1.54) is 11.1 Å². The highest BCUT2D eigenvalue weighted by molar-refractivity contribution is 9.10. The quantitative estimate of drug-likeness (QED) is 0.383. The van der Waals surface area contributed by atoms with Crippen molar-refractivity contribution in [1.29, 1.82) is 5.26 Å². The van der Waals surface area contributed by atoms with Crippen LogP contribution in [0.1, 0.15) is 24.0 Å². The predicted molar refractivity (Wildman–Crippen MR) is 119 cm³/mol. The van der Waals surface area contributed by atoms with E-state index in [0.717, 1.165) is 30.2 Å². The number of likely N-dealkylation sites (tertiary alicyclic amines) is 1. The number of halogens is 1. The van der Waals surface area contributed by atoms with Gasteiger partial charge in [0.05, 0.1) is 0 Å². The van der Waals surface area contributed by atoms with Crippen molar-refractivity contribution in [3.8, 4) is 6.07 Å². The summed E-state index contributed by atoms with van der Waals surface area (Å²) >= 11 is 3.54. The Labute approximate surface area is 181 Å². The molecule has 0 saturated carbocycles. The molecule has 0 aromatic heterocycles. The highest BCUT2D eigenvalue weighted by Gasteiger charge is 2.25. The Bertz CT molecular complexity index is 880. The van der Waals surface area contributed by atoms with Crippen LogP contribution in [0.3, 0.4) is 0 Å². The average molecular weight is 452 g/mol. The highest BCUT2D eigenvalue weighted by Crippen LogP contribution is 2.22. The van der Waals surface area contributed by atoms with Crippen molar-refractivity contribution in [2.45, 2.75) is 25.7 Å². The monoisotopic (exact) mass is 451 g/mol. The summed E-state index contributed by atoms with van der Waals surface area (Å²) in [5, 5.41) is 12.5. The Hall–Kier alpha value is -2.58. The smallest absolute Gasteiger partial charge is 0.265 e. The second-order valence-electron chi connectivity index (χ2n) is 7.39. The van der Waals surface area contributed by atoms with Crippen LogP contribution in [-0.2, 0) is 17.6 Å². The van der Waals surface area contributed by atoms with Crippen molar-refractivity contribution in [2.75, 3.05) is 19.6 Å². The first-order chi connectivity index (χ1) is 14.2. The molecule has 5 heteroatoms. The molecule has 0 bridgehead atoms. The largest absolute Gasteiger partial charge is 0.389 e. The van der Waals surface area contributed by atoms with E-state index < -0.39 is 0 Å². The van der Waals surface area contributed by atoms with Gasteiger partial charge in [-0.15, -0.1) is 0 Å². The molecule has 1 heterocycles. The predicted octanol–water partition coefficient (Wildman–Crippen LogP) is 4.47. The van der Waals surface area contributed by atoms with Crippen molar-refractivity contribution < 1.29 is 4.79 Å². The zero-order chi connectivity index (χ0) is 20.5. The molecule has 150 valence electrons. The van der Waals surface area contributed by atoms with Gasteiger partial charge in [0.15, 0.2) is 0 Å². The fourth-order valence-corrected chi connectivity index (χ4v) is 4.17. The number of nitriles is 1. The van der Waals surface area contributed by atoms with E-state index in [2.05, 4.69) is 57.6 Å². The van der Waals surface area contributed by atoms with Crippen molar-refractivity contribution in [3.05, 3.63) is 82.0 Å². The number of piperidine rings is 1. The summed E-state index contributed by atoms with van der Waals surface area (Å²) < 4.78 is 1.07. The van der Waals surface area contributed by atoms with E-state index in [1.807, 2.05) is 29.2 Å². The van der Waals surface area contributed by atoms with Gasteiger partial charge in [0.1, 0.15) is 11.6 Å². The Balaban J connectivity index is 1.46. The van der Waals surface area contributed by atoms with Crippen LogP contribution in [0.25, 0.3) is 0 Å². The normalized spacial score (nSPS) is 15.0. The summed E-state index contributed by atoms with van der Waals surface area (Å²) in [5.74, 6) is 0.428. The van der Waals surface area contributed by atoms with Crippen molar-refractivity contribution in [1.82, 2.24) is 10.2 Å². The van der Waals surface area contributed by atoms with Gasteiger partial charge in [-0.2, -0.15) is 5.26 Å². The maximum atomic E-state index is 12.7. The highest BCUT2D eigenvalue weighted by atomic mass is 79.9. The molecule has 1 fully saturated rings. The molecule has 1 aliphatic rings. The summed E-state index contributed by atoms with van der Waals surface area (Å²) in [5.41, 5.74) is 2.72. The van der Waals surface area contributed by atoms with E-state index in [0.29, 0.717) is 25.6 Å². The van der Waals surface area contributed by atoms with E-state index in [-0.39, 0.29) is 11.5 Å². The number of amides is 1. The zero-order valence-corrected chi connectivity index (χ0v) is 18.1. The van der Waals surface area contributed by atoms with Crippen molar-refractivity contribution >= 4 is 21.8 Å². The fourth-order valence-electron chi connectivity index (χ4n) is 3.68.